The van der Waals surface area contributed by atoms with Gasteiger partial charge >= 0.3 is 0 Å². The standard InChI is InChI=1S/C17H22N4O2/c1-11-7-12(2)17(15(22)8-11)14-3-4-16(20-19-14)21-5-6-23-10-13(21)9-18/h3-4,7-8,13,22H,5-6,9-10,18H2,1-2H3/t13-/m1/s1. The number of aryl methyl sites for hydroxylation is 2. The van der Waals surface area contributed by atoms with Crippen LogP contribution in [0.5, 0.6) is 5.75 Å². The van der Waals surface area contributed by atoms with E-state index in [1.807, 2.05) is 32.0 Å². The first-order valence-electron chi connectivity index (χ1n) is 7.79. The second-order valence-corrected chi connectivity index (χ2v) is 5.91. The number of anilines is 1. The highest BCUT2D eigenvalue weighted by Crippen LogP contribution is 2.32. The zero-order valence-electron chi connectivity index (χ0n) is 13.5. The topological polar surface area (TPSA) is 84.5 Å². The van der Waals surface area contributed by atoms with E-state index >= 15 is 0 Å². The van der Waals surface area contributed by atoms with Crippen molar-refractivity contribution in [1.82, 2.24) is 10.2 Å². The Hall–Kier alpha value is -2.18. The summed E-state index contributed by atoms with van der Waals surface area (Å²) in [4.78, 5) is 2.13. The molecule has 23 heavy (non-hydrogen) atoms. The summed E-state index contributed by atoms with van der Waals surface area (Å²) in [6, 6.07) is 7.71. The van der Waals surface area contributed by atoms with Gasteiger partial charge in [0, 0.05) is 18.7 Å². The van der Waals surface area contributed by atoms with Crippen molar-refractivity contribution in [1.29, 1.82) is 0 Å². The molecule has 1 aromatic heterocycles. The Morgan fingerprint density at radius 2 is 2.13 bits per heavy atom. The Morgan fingerprint density at radius 1 is 1.30 bits per heavy atom. The monoisotopic (exact) mass is 314 g/mol. The van der Waals surface area contributed by atoms with Gasteiger partial charge in [-0.05, 0) is 43.2 Å². The number of aromatic nitrogens is 2. The molecule has 1 saturated heterocycles. The summed E-state index contributed by atoms with van der Waals surface area (Å²) in [5.41, 5.74) is 9.20. The summed E-state index contributed by atoms with van der Waals surface area (Å²) in [7, 11) is 0. The summed E-state index contributed by atoms with van der Waals surface area (Å²) in [5, 5.41) is 18.9. The first kappa shape index (κ1) is 15.7. The molecule has 2 heterocycles. The molecule has 1 fully saturated rings. The fourth-order valence-corrected chi connectivity index (χ4v) is 3.04. The Kier molecular flexibility index (Phi) is 4.45. The molecule has 0 unspecified atom stereocenters. The van der Waals surface area contributed by atoms with Crippen LogP contribution in [0.15, 0.2) is 24.3 Å². The molecule has 6 nitrogen and oxygen atoms in total. The molecule has 1 aliphatic rings. The number of benzene rings is 1. The van der Waals surface area contributed by atoms with Gasteiger partial charge in [-0.25, -0.2) is 0 Å². The average Bonchev–Trinajstić information content (AvgIpc) is 2.54. The van der Waals surface area contributed by atoms with E-state index in [1.54, 1.807) is 6.07 Å². The number of hydrogen-bond acceptors (Lipinski definition) is 6. The largest absolute Gasteiger partial charge is 0.507 e. The highest BCUT2D eigenvalue weighted by Gasteiger charge is 2.23. The Balaban J connectivity index is 1.91. The molecule has 1 aromatic carbocycles. The van der Waals surface area contributed by atoms with E-state index in [0.29, 0.717) is 25.5 Å². The molecule has 3 rings (SSSR count). The van der Waals surface area contributed by atoms with Gasteiger partial charge in [-0.1, -0.05) is 6.07 Å². The van der Waals surface area contributed by atoms with Gasteiger partial charge < -0.3 is 20.5 Å². The third-order valence-electron chi connectivity index (χ3n) is 4.16. The molecular weight excluding hydrogens is 292 g/mol. The van der Waals surface area contributed by atoms with Crippen LogP contribution in [0.4, 0.5) is 5.82 Å². The number of aromatic hydroxyl groups is 1. The molecule has 0 aliphatic carbocycles. The summed E-state index contributed by atoms with van der Waals surface area (Å²) in [5.74, 6) is 1.02. The lowest BCUT2D eigenvalue weighted by atomic mass is 10.0. The van der Waals surface area contributed by atoms with Crippen molar-refractivity contribution in [2.75, 3.05) is 31.2 Å². The van der Waals surface area contributed by atoms with Crippen molar-refractivity contribution >= 4 is 5.82 Å². The van der Waals surface area contributed by atoms with E-state index in [9.17, 15) is 5.11 Å². The van der Waals surface area contributed by atoms with Crippen molar-refractivity contribution in [3.05, 3.63) is 35.4 Å². The lowest BCUT2D eigenvalue weighted by molar-refractivity contribution is 0.0957. The Labute approximate surface area is 135 Å². The van der Waals surface area contributed by atoms with Crippen molar-refractivity contribution in [2.24, 2.45) is 5.73 Å². The molecule has 1 aliphatic heterocycles. The predicted molar refractivity (Wildman–Crippen MR) is 89.6 cm³/mol. The molecule has 2 aromatic rings. The molecule has 122 valence electrons. The second kappa shape index (κ2) is 6.52. The zero-order valence-corrected chi connectivity index (χ0v) is 13.5. The molecule has 3 N–H and O–H groups in total. The minimum absolute atomic E-state index is 0.124. The summed E-state index contributed by atoms with van der Waals surface area (Å²) in [6.45, 7) is 6.46. The van der Waals surface area contributed by atoms with E-state index in [-0.39, 0.29) is 11.8 Å². The van der Waals surface area contributed by atoms with Gasteiger partial charge in [-0.3, -0.25) is 0 Å². The highest BCUT2D eigenvalue weighted by atomic mass is 16.5. The predicted octanol–water partition coefficient (Wildman–Crippen LogP) is 1.63. The third-order valence-corrected chi connectivity index (χ3v) is 4.16. The number of nitrogens with two attached hydrogens (primary N) is 1. The van der Waals surface area contributed by atoms with Gasteiger partial charge in [0.05, 0.1) is 24.9 Å². The third kappa shape index (κ3) is 3.13. The quantitative estimate of drug-likeness (QED) is 0.896. The van der Waals surface area contributed by atoms with Gasteiger partial charge in [-0.2, -0.15) is 0 Å². The van der Waals surface area contributed by atoms with E-state index < -0.39 is 0 Å². The van der Waals surface area contributed by atoms with Crippen molar-refractivity contribution in [3.8, 4) is 17.0 Å². The first-order chi connectivity index (χ1) is 11.1. The number of hydrogen-bond donors (Lipinski definition) is 2. The Bertz CT molecular complexity index is 664. The summed E-state index contributed by atoms with van der Waals surface area (Å²) < 4.78 is 5.46. The van der Waals surface area contributed by atoms with Crippen LogP contribution in [0.3, 0.4) is 0 Å². The number of phenolic OH excluding ortho intramolecular Hbond substituents is 1. The second-order valence-electron chi connectivity index (χ2n) is 5.91. The van der Waals surface area contributed by atoms with Gasteiger partial charge in [0.2, 0.25) is 0 Å². The fraction of sp³-hybridized carbons (Fsp3) is 0.412. The zero-order chi connectivity index (χ0) is 16.4. The van der Waals surface area contributed by atoms with Crippen LogP contribution in [0.1, 0.15) is 11.1 Å². The van der Waals surface area contributed by atoms with Gasteiger partial charge in [0.1, 0.15) is 5.75 Å². The van der Waals surface area contributed by atoms with E-state index in [0.717, 1.165) is 29.1 Å². The van der Waals surface area contributed by atoms with Crippen LogP contribution in [-0.4, -0.2) is 47.6 Å². The molecule has 0 amide bonds. The average molecular weight is 314 g/mol. The van der Waals surface area contributed by atoms with Gasteiger partial charge in [0.15, 0.2) is 5.82 Å². The lowest BCUT2D eigenvalue weighted by Crippen LogP contribution is -2.49. The molecule has 0 radical (unpaired) electrons. The number of phenols is 1. The molecule has 0 spiro atoms. The number of morpholine rings is 1. The van der Waals surface area contributed by atoms with E-state index in [2.05, 4.69) is 15.1 Å². The summed E-state index contributed by atoms with van der Waals surface area (Å²) in [6.07, 6.45) is 0. The maximum absolute atomic E-state index is 10.2. The molecule has 1 atom stereocenters. The van der Waals surface area contributed by atoms with Gasteiger partial charge in [-0.15, -0.1) is 10.2 Å². The van der Waals surface area contributed by atoms with Crippen molar-refractivity contribution in [3.63, 3.8) is 0 Å². The molecular formula is C17H22N4O2. The van der Waals surface area contributed by atoms with Crippen LogP contribution in [0.2, 0.25) is 0 Å². The summed E-state index contributed by atoms with van der Waals surface area (Å²) >= 11 is 0. The lowest BCUT2D eigenvalue weighted by Gasteiger charge is -2.35. The van der Waals surface area contributed by atoms with Crippen LogP contribution >= 0.6 is 0 Å². The number of rotatable bonds is 3. The van der Waals surface area contributed by atoms with Crippen LogP contribution < -0.4 is 10.6 Å². The normalized spacial score (nSPS) is 18.2. The highest BCUT2D eigenvalue weighted by molar-refractivity contribution is 5.71. The smallest absolute Gasteiger partial charge is 0.151 e. The minimum atomic E-state index is 0.124. The molecule has 0 saturated carbocycles. The van der Waals surface area contributed by atoms with Gasteiger partial charge in [0.25, 0.3) is 0 Å². The maximum atomic E-state index is 10.2. The van der Waals surface area contributed by atoms with Crippen LogP contribution in [0, 0.1) is 13.8 Å². The number of nitrogens with zero attached hydrogens (tertiary/aromatic N) is 3. The first-order valence-corrected chi connectivity index (χ1v) is 7.79. The SMILES string of the molecule is Cc1cc(C)c(-c2ccc(N3CCOC[C@H]3CN)nn2)c(O)c1. The Morgan fingerprint density at radius 3 is 2.78 bits per heavy atom. The number of ether oxygens (including phenoxy) is 1. The van der Waals surface area contributed by atoms with E-state index in [4.69, 9.17) is 10.5 Å². The fourth-order valence-electron chi connectivity index (χ4n) is 3.04. The minimum Gasteiger partial charge on any atom is -0.507 e. The van der Waals surface area contributed by atoms with Crippen molar-refractivity contribution < 1.29 is 9.84 Å². The van der Waals surface area contributed by atoms with Crippen molar-refractivity contribution in [2.45, 2.75) is 19.9 Å². The molecule has 0 bridgehead atoms. The van der Waals surface area contributed by atoms with E-state index in [1.165, 1.54) is 0 Å². The van der Waals surface area contributed by atoms with Crippen LogP contribution in [-0.2, 0) is 4.74 Å². The maximum Gasteiger partial charge on any atom is 0.151 e. The molecule has 6 heteroatoms. The van der Waals surface area contributed by atoms with Crippen LogP contribution in [0.25, 0.3) is 11.3 Å².